The Balaban J connectivity index is 2.15. The third kappa shape index (κ3) is 2.71. The molecule has 0 atom stereocenters. The smallest absolute Gasteiger partial charge is 0.153 e. The van der Waals surface area contributed by atoms with Crippen molar-refractivity contribution < 1.29 is 9.53 Å². The molecule has 0 amide bonds. The Morgan fingerprint density at radius 2 is 2.22 bits per heavy atom. The van der Waals surface area contributed by atoms with Gasteiger partial charge in [0, 0.05) is 12.1 Å². The van der Waals surface area contributed by atoms with Crippen molar-refractivity contribution in [2.75, 3.05) is 0 Å². The number of nitrogens with zero attached hydrogens (tertiary/aromatic N) is 2. The van der Waals surface area contributed by atoms with Gasteiger partial charge in [-0.1, -0.05) is 11.6 Å². The van der Waals surface area contributed by atoms with E-state index in [1.807, 2.05) is 20.0 Å². The summed E-state index contributed by atoms with van der Waals surface area (Å²) >= 11 is 5.81. The zero-order valence-corrected chi connectivity index (χ0v) is 10.9. The zero-order chi connectivity index (χ0) is 13.1. The molecular formula is C13H13ClN2O2. The van der Waals surface area contributed by atoms with Gasteiger partial charge in [0.15, 0.2) is 6.29 Å². The van der Waals surface area contributed by atoms with Gasteiger partial charge in [-0.25, -0.2) is 0 Å². The molecule has 0 saturated heterocycles. The average molecular weight is 265 g/mol. The van der Waals surface area contributed by atoms with Crippen LogP contribution >= 0.6 is 11.6 Å². The fourth-order valence-electron chi connectivity index (χ4n) is 1.69. The maximum atomic E-state index is 10.9. The molecule has 94 valence electrons. The fraction of sp³-hybridized carbons (Fsp3) is 0.231. The van der Waals surface area contributed by atoms with Crippen LogP contribution in [0.25, 0.3) is 0 Å². The molecule has 0 aliphatic rings. The van der Waals surface area contributed by atoms with E-state index in [-0.39, 0.29) is 0 Å². The maximum Gasteiger partial charge on any atom is 0.153 e. The molecule has 0 fully saturated rings. The third-order valence-corrected chi connectivity index (χ3v) is 2.81. The molecule has 0 bridgehead atoms. The number of aryl methyl sites for hydroxylation is 2. The summed E-state index contributed by atoms with van der Waals surface area (Å²) in [6, 6.07) is 6.91. The van der Waals surface area contributed by atoms with Gasteiger partial charge in [0.25, 0.3) is 0 Å². The Morgan fingerprint density at radius 3 is 2.83 bits per heavy atom. The summed E-state index contributed by atoms with van der Waals surface area (Å²) in [5.74, 6) is 0.522. The number of aldehydes is 1. The monoisotopic (exact) mass is 264 g/mol. The molecule has 5 heteroatoms. The van der Waals surface area contributed by atoms with Crippen molar-refractivity contribution in [1.29, 1.82) is 0 Å². The van der Waals surface area contributed by atoms with Gasteiger partial charge in [-0.05, 0) is 31.2 Å². The molecule has 0 saturated carbocycles. The first-order chi connectivity index (χ1) is 8.60. The van der Waals surface area contributed by atoms with Crippen molar-refractivity contribution in [3.05, 3.63) is 46.2 Å². The second-order valence-electron chi connectivity index (χ2n) is 3.99. The predicted octanol–water partition coefficient (Wildman–Crippen LogP) is 2.77. The molecule has 1 heterocycles. The van der Waals surface area contributed by atoms with Crippen molar-refractivity contribution in [2.45, 2.75) is 13.5 Å². The van der Waals surface area contributed by atoms with Gasteiger partial charge in [0.2, 0.25) is 0 Å². The molecule has 2 rings (SSSR count). The van der Waals surface area contributed by atoms with E-state index in [1.54, 1.807) is 22.9 Å². The van der Waals surface area contributed by atoms with Crippen LogP contribution in [0.4, 0.5) is 0 Å². The second kappa shape index (κ2) is 5.23. The molecule has 1 aromatic carbocycles. The minimum atomic E-state index is 0.361. The Labute approximate surface area is 110 Å². The molecule has 0 radical (unpaired) electrons. The van der Waals surface area contributed by atoms with Crippen LogP contribution in [-0.2, 0) is 13.7 Å². The van der Waals surface area contributed by atoms with Gasteiger partial charge in [-0.15, -0.1) is 0 Å². The van der Waals surface area contributed by atoms with Crippen molar-refractivity contribution in [2.24, 2.45) is 7.05 Å². The lowest BCUT2D eigenvalue weighted by molar-refractivity contribution is 0.111. The summed E-state index contributed by atoms with van der Waals surface area (Å²) < 4.78 is 7.37. The number of ether oxygens (including phenoxy) is 1. The Bertz CT molecular complexity index is 578. The second-order valence-corrected chi connectivity index (χ2v) is 4.43. The first-order valence-corrected chi connectivity index (χ1v) is 5.85. The summed E-state index contributed by atoms with van der Waals surface area (Å²) in [7, 11) is 1.86. The lowest BCUT2D eigenvalue weighted by Gasteiger charge is -2.08. The minimum absolute atomic E-state index is 0.361. The summed E-state index contributed by atoms with van der Waals surface area (Å²) in [5.41, 5.74) is 2.32. The van der Waals surface area contributed by atoms with Crippen LogP contribution in [0.15, 0.2) is 24.3 Å². The van der Waals surface area contributed by atoms with Gasteiger partial charge >= 0.3 is 0 Å². The van der Waals surface area contributed by atoms with Crippen LogP contribution < -0.4 is 4.74 Å². The summed E-state index contributed by atoms with van der Waals surface area (Å²) in [6.07, 6.45) is 0.732. The largest absolute Gasteiger partial charge is 0.487 e. The zero-order valence-electron chi connectivity index (χ0n) is 10.2. The Hall–Kier alpha value is -1.81. The normalized spacial score (nSPS) is 10.4. The molecule has 0 spiro atoms. The summed E-state index contributed by atoms with van der Waals surface area (Å²) in [5, 5.41) is 4.74. The van der Waals surface area contributed by atoms with E-state index in [1.165, 1.54) is 0 Å². The Morgan fingerprint density at radius 1 is 1.44 bits per heavy atom. The number of aromatic nitrogens is 2. The number of carbonyl (C=O) groups is 1. The van der Waals surface area contributed by atoms with Crippen molar-refractivity contribution in [3.8, 4) is 5.75 Å². The third-order valence-electron chi connectivity index (χ3n) is 2.57. The highest BCUT2D eigenvalue weighted by atomic mass is 35.5. The van der Waals surface area contributed by atoms with E-state index in [9.17, 15) is 4.79 Å². The Kier molecular flexibility index (Phi) is 3.67. The van der Waals surface area contributed by atoms with Crippen LogP contribution in [0.3, 0.4) is 0 Å². The molecule has 1 aromatic heterocycles. The van der Waals surface area contributed by atoms with Gasteiger partial charge in [-0.3, -0.25) is 9.48 Å². The number of hydrogen-bond acceptors (Lipinski definition) is 3. The lowest BCUT2D eigenvalue weighted by Crippen LogP contribution is -2.04. The van der Waals surface area contributed by atoms with E-state index in [0.717, 1.165) is 17.7 Å². The van der Waals surface area contributed by atoms with Gasteiger partial charge in [0.05, 0.1) is 17.0 Å². The van der Waals surface area contributed by atoms with E-state index in [4.69, 9.17) is 16.3 Å². The predicted molar refractivity (Wildman–Crippen MR) is 69.1 cm³/mol. The lowest BCUT2D eigenvalue weighted by atomic mass is 10.2. The highest BCUT2D eigenvalue weighted by molar-refractivity contribution is 6.30. The first-order valence-electron chi connectivity index (χ1n) is 5.47. The van der Waals surface area contributed by atoms with Crippen LogP contribution in [0.5, 0.6) is 5.75 Å². The summed E-state index contributed by atoms with van der Waals surface area (Å²) in [6.45, 7) is 2.28. The summed E-state index contributed by atoms with van der Waals surface area (Å²) in [4.78, 5) is 10.9. The molecule has 0 aliphatic heterocycles. The van der Waals surface area contributed by atoms with E-state index in [2.05, 4.69) is 5.10 Å². The molecule has 0 aliphatic carbocycles. The highest BCUT2D eigenvalue weighted by Gasteiger charge is 2.07. The van der Waals surface area contributed by atoms with Crippen LogP contribution in [-0.4, -0.2) is 16.1 Å². The fourth-order valence-corrected chi connectivity index (χ4v) is 1.87. The van der Waals surface area contributed by atoms with E-state index >= 15 is 0 Å². The molecule has 0 unspecified atom stereocenters. The number of carbonyl (C=O) groups excluding carboxylic acids is 1. The minimum Gasteiger partial charge on any atom is -0.487 e. The quantitative estimate of drug-likeness (QED) is 0.798. The maximum absolute atomic E-state index is 10.9. The van der Waals surface area contributed by atoms with Crippen LogP contribution in [0.1, 0.15) is 21.7 Å². The van der Waals surface area contributed by atoms with Gasteiger partial charge in [-0.2, -0.15) is 5.10 Å². The molecule has 2 aromatic rings. The number of benzene rings is 1. The molecule has 18 heavy (non-hydrogen) atoms. The SMILES string of the molecule is Cc1cc(COc2ccc(Cl)cc2C=O)n(C)n1. The number of hydrogen-bond donors (Lipinski definition) is 0. The van der Waals surface area contributed by atoms with Crippen molar-refractivity contribution >= 4 is 17.9 Å². The highest BCUT2D eigenvalue weighted by Crippen LogP contribution is 2.22. The van der Waals surface area contributed by atoms with Gasteiger partial charge < -0.3 is 4.74 Å². The van der Waals surface area contributed by atoms with E-state index < -0.39 is 0 Å². The average Bonchev–Trinajstić information content (AvgIpc) is 2.66. The number of halogens is 1. The standard InChI is InChI=1S/C13H13ClN2O2/c1-9-5-12(16(2)15-9)8-18-13-4-3-11(14)6-10(13)7-17/h3-7H,8H2,1-2H3. The van der Waals surface area contributed by atoms with Crippen molar-refractivity contribution in [1.82, 2.24) is 9.78 Å². The topological polar surface area (TPSA) is 44.1 Å². The van der Waals surface area contributed by atoms with Crippen LogP contribution in [0, 0.1) is 6.92 Å². The van der Waals surface area contributed by atoms with Gasteiger partial charge in [0.1, 0.15) is 12.4 Å². The number of rotatable bonds is 4. The molecule has 0 N–H and O–H groups in total. The molecular weight excluding hydrogens is 252 g/mol. The molecule has 4 nitrogen and oxygen atoms in total. The van der Waals surface area contributed by atoms with Crippen LogP contribution in [0.2, 0.25) is 5.02 Å². The van der Waals surface area contributed by atoms with E-state index in [0.29, 0.717) is 22.9 Å². The first kappa shape index (κ1) is 12.6. The van der Waals surface area contributed by atoms with Crippen molar-refractivity contribution in [3.63, 3.8) is 0 Å².